The molecular formula is C7H13N3O4. The Morgan fingerprint density at radius 3 is 2.71 bits per heavy atom. The van der Waals surface area contributed by atoms with Gasteiger partial charge in [-0.1, -0.05) is 0 Å². The maximum Gasteiger partial charge on any atom is 0.305 e. The first kappa shape index (κ1) is 10.6. The van der Waals surface area contributed by atoms with Crippen molar-refractivity contribution in [3.05, 3.63) is 5.21 Å². The van der Waals surface area contributed by atoms with Crippen molar-refractivity contribution < 1.29 is 19.3 Å². The number of nitrogens with zero attached hydrogens (tertiary/aromatic N) is 3. The topological polar surface area (TPSA) is 77.2 Å². The van der Waals surface area contributed by atoms with Gasteiger partial charge in [-0.2, -0.15) is 0 Å². The summed E-state index contributed by atoms with van der Waals surface area (Å²) in [5.41, 5.74) is 0. The maximum absolute atomic E-state index is 11.0. The van der Waals surface area contributed by atoms with Gasteiger partial charge in [-0.15, -0.1) is 5.01 Å². The van der Waals surface area contributed by atoms with Gasteiger partial charge < -0.3 is 9.94 Å². The zero-order valence-electron chi connectivity index (χ0n) is 8.17. The highest BCUT2D eigenvalue weighted by Crippen LogP contribution is 2.06. The smallest absolute Gasteiger partial charge is 0.305 e. The molecule has 1 heterocycles. The predicted octanol–water partition coefficient (Wildman–Crippen LogP) is 0.410. The molecule has 0 aromatic rings. The van der Waals surface area contributed by atoms with Crippen LogP contribution in [-0.2, 0) is 14.4 Å². The van der Waals surface area contributed by atoms with Crippen molar-refractivity contribution in [2.75, 3.05) is 13.1 Å². The van der Waals surface area contributed by atoms with Gasteiger partial charge in [0.05, 0.1) is 18.1 Å². The third kappa shape index (κ3) is 3.08. The third-order valence-electron chi connectivity index (χ3n) is 1.67. The van der Waals surface area contributed by atoms with E-state index in [1.165, 1.54) is 18.9 Å². The molecule has 1 aliphatic rings. The highest BCUT2D eigenvalue weighted by molar-refractivity contribution is 5.65. The Balaban J connectivity index is 2.26. The van der Waals surface area contributed by atoms with E-state index in [9.17, 15) is 10.0 Å². The van der Waals surface area contributed by atoms with Crippen molar-refractivity contribution in [2.45, 2.75) is 26.6 Å². The van der Waals surface area contributed by atoms with Crippen molar-refractivity contribution in [3.8, 4) is 0 Å². The fourth-order valence-electron chi connectivity index (χ4n) is 0.884. The van der Waals surface area contributed by atoms with E-state index in [0.29, 0.717) is 18.1 Å². The van der Waals surface area contributed by atoms with Crippen LogP contribution >= 0.6 is 0 Å². The molecule has 0 bridgehead atoms. The monoisotopic (exact) mass is 203 g/mol. The molecule has 1 unspecified atom stereocenters. The lowest BCUT2D eigenvalue weighted by Gasteiger charge is -2.25. The molecule has 0 N–H and O–H groups in total. The van der Waals surface area contributed by atoms with Crippen molar-refractivity contribution in [1.82, 2.24) is 5.01 Å². The van der Waals surface area contributed by atoms with Crippen LogP contribution < -0.4 is 0 Å². The Morgan fingerprint density at radius 1 is 1.64 bits per heavy atom. The first-order chi connectivity index (χ1) is 6.59. The second-order valence-corrected chi connectivity index (χ2v) is 2.92. The van der Waals surface area contributed by atoms with E-state index in [0.717, 1.165) is 6.42 Å². The van der Waals surface area contributed by atoms with Crippen LogP contribution in [0.25, 0.3) is 0 Å². The molecular weight excluding hydrogens is 190 g/mol. The zero-order valence-corrected chi connectivity index (χ0v) is 8.17. The van der Waals surface area contributed by atoms with Crippen LogP contribution in [0.15, 0.2) is 5.28 Å². The Labute approximate surface area is 81.4 Å². The average molecular weight is 203 g/mol. The largest absolute Gasteiger partial charge is 0.569 e. The molecule has 80 valence electrons. The van der Waals surface area contributed by atoms with E-state index >= 15 is 0 Å². The van der Waals surface area contributed by atoms with Gasteiger partial charge in [0.25, 0.3) is 6.29 Å². The highest BCUT2D eigenvalue weighted by Gasteiger charge is 2.21. The van der Waals surface area contributed by atoms with Crippen LogP contribution in [0.1, 0.15) is 20.3 Å². The first-order valence-electron chi connectivity index (χ1n) is 4.35. The normalized spacial score (nSPS) is 18.4. The molecule has 1 aliphatic heterocycles. The number of carbonyl (C=O) groups excluding carboxylic acids is 1. The van der Waals surface area contributed by atoms with Gasteiger partial charge in [-0.25, -0.2) is 0 Å². The van der Waals surface area contributed by atoms with Gasteiger partial charge in [0.15, 0.2) is 0 Å². The Kier molecular flexibility index (Phi) is 3.49. The second-order valence-electron chi connectivity index (χ2n) is 2.92. The van der Waals surface area contributed by atoms with E-state index in [2.05, 4.69) is 14.9 Å². The SMILES string of the molecule is CC(=O)OC(C)O/N=[N+](\[O-])N1CCC1. The van der Waals surface area contributed by atoms with Crippen LogP contribution in [0.4, 0.5) is 0 Å². The molecule has 1 atom stereocenters. The summed E-state index contributed by atoms with van der Waals surface area (Å²) in [5.74, 6) is -0.478. The van der Waals surface area contributed by atoms with Crippen molar-refractivity contribution in [1.29, 1.82) is 0 Å². The minimum Gasteiger partial charge on any atom is -0.569 e. The van der Waals surface area contributed by atoms with Gasteiger partial charge in [-0.05, 0) is 6.42 Å². The third-order valence-corrected chi connectivity index (χ3v) is 1.67. The van der Waals surface area contributed by atoms with Crippen LogP contribution in [0.3, 0.4) is 0 Å². The summed E-state index contributed by atoms with van der Waals surface area (Å²) >= 11 is 0. The lowest BCUT2D eigenvalue weighted by molar-refractivity contribution is -0.724. The van der Waals surface area contributed by atoms with Gasteiger partial charge in [0.2, 0.25) is 5.28 Å². The Morgan fingerprint density at radius 2 is 2.29 bits per heavy atom. The van der Waals surface area contributed by atoms with E-state index in [4.69, 9.17) is 0 Å². The van der Waals surface area contributed by atoms with E-state index in [1.54, 1.807) is 0 Å². The number of ether oxygens (including phenoxy) is 1. The summed E-state index contributed by atoms with van der Waals surface area (Å²) in [6, 6.07) is 0. The number of rotatable bonds is 4. The highest BCUT2D eigenvalue weighted by atomic mass is 16.8. The second kappa shape index (κ2) is 4.64. The molecule has 0 amide bonds. The number of hydrogen-bond acceptors (Lipinski definition) is 5. The standard InChI is InChI=1S/C7H13N3O4/c1-6(11)13-7(2)14-8-10(12)9-4-3-5-9/h7H,3-5H2,1-2H3/b10-8-. The van der Waals surface area contributed by atoms with Crippen LogP contribution in [-0.4, -0.2) is 35.3 Å². The lowest BCUT2D eigenvalue weighted by atomic mass is 10.3. The van der Waals surface area contributed by atoms with Crippen molar-refractivity contribution in [2.24, 2.45) is 5.28 Å². The number of hydrogen-bond donors (Lipinski definition) is 0. The van der Waals surface area contributed by atoms with Crippen molar-refractivity contribution >= 4 is 5.97 Å². The zero-order chi connectivity index (χ0) is 10.6. The van der Waals surface area contributed by atoms with Gasteiger partial charge >= 0.3 is 5.97 Å². The predicted molar refractivity (Wildman–Crippen MR) is 44.6 cm³/mol. The average Bonchev–Trinajstić information content (AvgIpc) is 1.96. The minimum absolute atomic E-state index is 0.365. The van der Waals surface area contributed by atoms with Gasteiger partial charge in [0, 0.05) is 13.8 Å². The Hall–Kier alpha value is -1.53. The van der Waals surface area contributed by atoms with Gasteiger partial charge in [0.1, 0.15) is 0 Å². The molecule has 0 radical (unpaired) electrons. The molecule has 0 spiro atoms. The minimum atomic E-state index is -0.842. The summed E-state index contributed by atoms with van der Waals surface area (Å²) in [5, 5.41) is 15.7. The summed E-state index contributed by atoms with van der Waals surface area (Å²) in [6.07, 6.45) is 0.138. The van der Waals surface area contributed by atoms with Gasteiger partial charge in [-0.3, -0.25) is 9.63 Å². The molecule has 0 aliphatic carbocycles. The fourth-order valence-corrected chi connectivity index (χ4v) is 0.884. The molecule has 0 aromatic carbocycles. The van der Waals surface area contributed by atoms with Crippen LogP contribution in [0.5, 0.6) is 0 Å². The first-order valence-corrected chi connectivity index (χ1v) is 4.35. The molecule has 14 heavy (non-hydrogen) atoms. The molecule has 1 rings (SSSR count). The van der Waals surface area contributed by atoms with E-state index in [-0.39, 0.29) is 0 Å². The molecule has 7 nitrogen and oxygen atoms in total. The lowest BCUT2D eigenvalue weighted by Crippen LogP contribution is -2.42. The number of hydrazine groups is 1. The molecule has 1 saturated heterocycles. The van der Waals surface area contributed by atoms with E-state index < -0.39 is 12.3 Å². The van der Waals surface area contributed by atoms with Crippen molar-refractivity contribution in [3.63, 3.8) is 0 Å². The summed E-state index contributed by atoms with van der Waals surface area (Å²) in [6.45, 7) is 4.09. The molecule has 1 fully saturated rings. The summed E-state index contributed by atoms with van der Waals surface area (Å²) < 4.78 is 4.59. The Bertz CT molecular complexity index is 239. The maximum atomic E-state index is 11.0. The molecule has 0 aromatic heterocycles. The summed E-state index contributed by atoms with van der Waals surface area (Å²) in [7, 11) is 0. The fraction of sp³-hybridized carbons (Fsp3) is 0.857. The number of esters is 1. The van der Waals surface area contributed by atoms with E-state index in [1.807, 2.05) is 0 Å². The van der Waals surface area contributed by atoms with Crippen LogP contribution in [0, 0.1) is 5.21 Å². The molecule has 0 saturated carbocycles. The summed E-state index contributed by atoms with van der Waals surface area (Å²) in [4.78, 5) is 15.4. The van der Waals surface area contributed by atoms with Crippen LogP contribution in [0.2, 0.25) is 0 Å². The molecule has 7 heteroatoms. The number of carbonyl (C=O) groups is 1. The quantitative estimate of drug-likeness (QED) is 0.217.